The number of H-pyrrole nitrogens is 1. The van der Waals surface area contributed by atoms with Crippen molar-refractivity contribution in [1.29, 1.82) is 0 Å². The van der Waals surface area contributed by atoms with E-state index in [-0.39, 0.29) is 42.1 Å². The number of pyridine rings is 1. The first-order valence-corrected chi connectivity index (χ1v) is 14.0. The highest BCUT2D eigenvalue weighted by Gasteiger charge is 2.36. The predicted molar refractivity (Wildman–Crippen MR) is 140 cm³/mol. The van der Waals surface area contributed by atoms with E-state index in [2.05, 4.69) is 15.2 Å². The van der Waals surface area contributed by atoms with Crippen LogP contribution in [0.1, 0.15) is 35.3 Å². The van der Waals surface area contributed by atoms with Gasteiger partial charge in [-0.25, -0.2) is 12.8 Å². The van der Waals surface area contributed by atoms with Crippen molar-refractivity contribution >= 4 is 32.9 Å². The molecule has 0 aliphatic carbocycles. The summed E-state index contributed by atoms with van der Waals surface area (Å²) in [5.41, 5.74) is -2.52. The number of hydrogen-bond acceptors (Lipinski definition) is 6. The van der Waals surface area contributed by atoms with E-state index in [0.29, 0.717) is 30.9 Å². The zero-order valence-electron chi connectivity index (χ0n) is 21.8. The van der Waals surface area contributed by atoms with E-state index in [1.54, 1.807) is 6.08 Å². The number of amides is 1. The largest absolute Gasteiger partial charge is 0.417 e. The molecule has 212 valence electrons. The predicted octanol–water partition coefficient (Wildman–Crippen LogP) is 2.97. The molecule has 39 heavy (non-hydrogen) atoms. The first-order chi connectivity index (χ1) is 18.1. The van der Waals surface area contributed by atoms with Crippen LogP contribution in [0.3, 0.4) is 0 Å². The summed E-state index contributed by atoms with van der Waals surface area (Å²) in [6.07, 6.45) is -1.70. The Bertz CT molecular complexity index is 1480. The number of halogens is 4. The number of anilines is 2. The van der Waals surface area contributed by atoms with Gasteiger partial charge in [-0.2, -0.15) is 17.5 Å². The minimum atomic E-state index is -4.97. The van der Waals surface area contributed by atoms with Gasteiger partial charge in [-0.3, -0.25) is 14.5 Å². The van der Waals surface area contributed by atoms with Crippen molar-refractivity contribution in [2.75, 3.05) is 49.7 Å². The van der Waals surface area contributed by atoms with Crippen LogP contribution in [0, 0.1) is 5.82 Å². The third-order valence-electron chi connectivity index (χ3n) is 7.21. The number of carbonyl (C=O) groups is 1. The van der Waals surface area contributed by atoms with Crippen LogP contribution in [-0.4, -0.2) is 80.1 Å². The second-order valence-electron chi connectivity index (χ2n) is 9.98. The van der Waals surface area contributed by atoms with Crippen LogP contribution >= 0.6 is 0 Å². The fourth-order valence-electron chi connectivity index (χ4n) is 4.83. The van der Waals surface area contributed by atoms with E-state index in [0.717, 1.165) is 10.6 Å². The molecule has 1 aromatic carbocycles. The molecule has 2 atom stereocenters. The molecule has 0 saturated carbocycles. The minimum Gasteiger partial charge on any atom is -0.367 e. The summed E-state index contributed by atoms with van der Waals surface area (Å²) >= 11 is 0. The van der Waals surface area contributed by atoms with Gasteiger partial charge in [0.1, 0.15) is 5.82 Å². The number of aromatic amines is 1. The van der Waals surface area contributed by atoms with E-state index in [1.807, 2.05) is 25.8 Å². The van der Waals surface area contributed by atoms with Crippen molar-refractivity contribution in [3.05, 3.63) is 63.3 Å². The monoisotopic (exact) mass is 571 g/mol. The van der Waals surface area contributed by atoms with Crippen molar-refractivity contribution < 1.29 is 30.8 Å². The van der Waals surface area contributed by atoms with Gasteiger partial charge in [-0.15, -0.1) is 0 Å². The molecule has 2 aliphatic rings. The van der Waals surface area contributed by atoms with Crippen molar-refractivity contribution in [3.8, 4) is 0 Å². The number of aromatic nitrogens is 1. The molecule has 2 N–H and O–H groups in total. The summed E-state index contributed by atoms with van der Waals surface area (Å²) in [5.74, 6) is -1.81. The zero-order valence-corrected chi connectivity index (χ0v) is 22.6. The molecule has 14 heteroatoms. The molecule has 1 saturated heterocycles. The number of benzene rings is 1. The lowest BCUT2D eigenvalue weighted by atomic mass is 10.0. The van der Waals surface area contributed by atoms with Crippen molar-refractivity contribution in [3.63, 3.8) is 0 Å². The van der Waals surface area contributed by atoms with Gasteiger partial charge in [0.05, 0.1) is 28.8 Å². The number of piperazine rings is 1. The number of alkyl halides is 3. The Kier molecular flexibility index (Phi) is 7.67. The molecule has 2 aromatic rings. The highest BCUT2D eigenvalue weighted by Crippen LogP contribution is 2.37. The normalized spacial score (nSPS) is 21.2. The van der Waals surface area contributed by atoms with Gasteiger partial charge < -0.3 is 15.2 Å². The van der Waals surface area contributed by atoms with Crippen LogP contribution in [0.25, 0.3) is 5.57 Å². The van der Waals surface area contributed by atoms with Gasteiger partial charge in [0.25, 0.3) is 5.91 Å². The van der Waals surface area contributed by atoms with Crippen LogP contribution in [0.2, 0.25) is 0 Å². The third kappa shape index (κ3) is 6.02. The highest BCUT2D eigenvalue weighted by molar-refractivity contribution is 7.88. The molecular weight excluding hydrogens is 542 g/mol. The summed E-state index contributed by atoms with van der Waals surface area (Å²) in [6, 6.07) is 2.93. The van der Waals surface area contributed by atoms with E-state index in [1.165, 1.54) is 12.1 Å². The molecule has 9 nitrogen and oxygen atoms in total. The maximum absolute atomic E-state index is 15.5. The summed E-state index contributed by atoms with van der Waals surface area (Å²) in [7, 11) is -1.59. The number of likely N-dealkylation sites (N-methyl/N-ethyl adjacent to an activating group) is 1. The number of nitrogens with one attached hydrogen (secondary N) is 2. The Morgan fingerprint density at radius 1 is 1.13 bits per heavy atom. The van der Waals surface area contributed by atoms with Crippen LogP contribution in [0.5, 0.6) is 0 Å². The van der Waals surface area contributed by atoms with Crippen molar-refractivity contribution in [2.24, 2.45) is 0 Å². The second kappa shape index (κ2) is 10.4. The van der Waals surface area contributed by atoms with Crippen LogP contribution in [0.4, 0.5) is 28.9 Å². The Labute approximate surface area is 223 Å². The smallest absolute Gasteiger partial charge is 0.367 e. The summed E-state index contributed by atoms with van der Waals surface area (Å²) in [4.78, 5) is 30.8. The second-order valence-corrected chi connectivity index (χ2v) is 12.0. The number of rotatable bonds is 5. The Hall–Kier alpha value is -3.23. The maximum Gasteiger partial charge on any atom is 0.417 e. The molecule has 2 aliphatic heterocycles. The molecule has 1 amide bonds. The molecule has 1 fully saturated rings. The number of carbonyl (C=O) groups excluding carboxylic acids is 1. The Morgan fingerprint density at radius 2 is 1.77 bits per heavy atom. The van der Waals surface area contributed by atoms with Crippen molar-refractivity contribution in [2.45, 2.75) is 32.1 Å². The highest BCUT2D eigenvalue weighted by atomic mass is 32.2. The van der Waals surface area contributed by atoms with Crippen LogP contribution in [-0.2, 0) is 16.2 Å². The average molecular weight is 572 g/mol. The number of nitrogens with zero attached hydrogens (tertiary/aromatic N) is 3. The van der Waals surface area contributed by atoms with E-state index >= 15 is 4.39 Å². The molecule has 4 rings (SSSR count). The van der Waals surface area contributed by atoms with Gasteiger partial charge >= 0.3 is 6.18 Å². The maximum atomic E-state index is 15.5. The van der Waals surface area contributed by atoms with Crippen LogP contribution in [0.15, 0.2) is 35.3 Å². The fourth-order valence-corrected chi connectivity index (χ4v) is 5.55. The number of sulfonamides is 1. The third-order valence-corrected chi connectivity index (χ3v) is 8.43. The lowest BCUT2D eigenvalue weighted by Crippen LogP contribution is -2.55. The lowest BCUT2D eigenvalue weighted by Gasteiger charge is -2.44. The van der Waals surface area contributed by atoms with Gasteiger partial charge in [0, 0.05) is 56.1 Å². The SMILES string of the molecule is CC1CN(c2cc(F)c(C3=CCN(S(C)(=O)=O)C3)cc2NC(=O)c2c[nH]c(=O)cc2C(F)(F)F)CC(C)N1C. The van der Waals surface area contributed by atoms with Gasteiger partial charge in [0.15, 0.2) is 0 Å². The zero-order chi connectivity index (χ0) is 28.9. The van der Waals surface area contributed by atoms with Gasteiger partial charge in [0.2, 0.25) is 15.6 Å². The summed E-state index contributed by atoms with van der Waals surface area (Å²) in [6.45, 7) is 4.81. The van der Waals surface area contributed by atoms with E-state index in [4.69, 9.17) is 0 Å². The topological polar surface area (TPSA) is 106 Å². The van der Waals surface area contributed by atoms with E-state index < -0.39 is 44.6 Å². The average Bonchev–Trinajstić information content (AvgIpc) is 3.33. The summed E-state index contributed by atoms with van der Waals surface area (Å²) < 4.78 is 81.4. The Morgan fingerprint density at radius 3 is 2.33 bits per heavy atom. The van der Waals surface area contributed by atoms with Gasteiger partial charge in [-0.05, 0) is 38.6 Å². The fraction of sp³-hybridized carbons (Fsp3) is 0.440. The van der Waals surface area contributed by atoms with Crippen LogP contribution < -0.4 is 15.8 Å². The first-order valence-electron chi connectivity index (χ1n) is 12.1. The molecule has 1 aromatic heterocycles. The lowest BCUT2D eigenvalue weighted by molar-refractivity contribution is -0.138. The minimum absolute atomic E-state index is 0.0212. The number of hydrogen-bond donors (Lipinski definition) is 2. The molecule has 0 radical (unpaired) electrons. The first kappa shape index (κ1) is 28.8. The molecule has 3 heterocycles. The standard InChI is InChI=1S/C25H29F4N5O4S/c1-14-11-33(12-15(2)32(14)3)22-9-20(26)17(16-5-6-34(13-16)39(4,37)38)7-21(22)31-24(36)18-10-30-23(35)8-19(18)25(27,28)29/h5,7-10,14-15H,6,11-13H2,1-4H3,(H,30,35)(H,31,36). The Balaban J connectivity index is 1.78. The molecule has 2 unspecified atom stereocenters. The van der Waals surface area contributed by atoms with E-state index in [9.17, 15) is 31.2 Å². The van der Waals surface area contributed by atoms with Crippen molar-refractivity contribution in [1.82, 2.24) is 14.2 Å². The quantitative estimate of drug-likeness (QED) is 0.535. The molecular formula is C25H29F4N5O4S. The van der Waals surface area contributed by atoms with Gasteiger partial charge in [-0.1, -0.05) is 6.08 Å². The molecule has 0 spiro atoms. The molecule has 0 bridgehead atoms. The summed E-state index contributed by atoms with van der Waals surface area (Å²) in [5, 5.41) is 2.49.